The van der Waals surface area contributed by atoms with Crippen LogP contribution < -0.4 is 11.1 Å². The summed E-state index contributed by atoms with van der Waals surface area (Å²) in [5.74, 6) is -0.158. The van der Waals surface area contributed by atoms with Crippen molar-refractivity contribution in [2.45, 2.75) is 55.0 Å². The summed E-state index contributed by atoms with van der Waals surface area (Å²) in [6.45, 7) is 8.56. The van der Waals surface area contributed by atoms with Crippen LogP contribution in [0.4, 0.5) is 5.69 Å². The Morgan fingerprint density at radius 1 is 1.42 bits per heavy atom. The molecule has 5 nitrogen and oxygen atoms in total. The van der Waals surface area contributed by atoms with Crippen LogP contribution in [0.15, 0.2) is 38.9 Å². The Hall–Kier alpha value is -1.41. The van der Waals surface area contributed by atoms with Crippen molar-refractivity contribution >= 4 is 34.7 Å². The number of thiazole rings is 1. The Bertz CT molecular complexity index is 788. The number of carbonyl (C=O) groups is 1. The van der Waals surface area contributed by atoms with E-state index < -0.39 is 11.0 Å². The first-order chi connectivity index (χ1) is 12.3. The number of benzene rings is 1. The number of hydrogen-bond acceptors (Lipinski definition) is 6. The van der Waals surface area contributed by atoms with Gasteiger partial charge < -0.3 is 15.8 Å². The molecule has 0 aliphatic heterocycles. The first-order valence-electron chi connectivity index (χ1n) is 8.68. The minimum absolute atomic E-state index is 0.0174. The number of nitrogens with two attached hydrogens (primary N) is 1. The number of rotatable bonds is 6. The number of aryl methyl sites for hydroxylation is 1. The highest BCUT2D eigenvalue weighted by molar-refractivity contribution is 8.01. The lowest BCUT2D eigenvalue weighted by Gasteiger charge is -2.57. The molecule has 1 aliphatic carbocycles. The highest BCUT2D eigenvalue weighted by atomic mass is 32.2. The van der Waals surface area contributed by atoms with Gasteiger partial charge in [0.25, 0.3) is 0 Å². The monoisotopic (exact) mass is 391 g/mol. The van der Waals surface area contributed by atoms with Crippen molar-refractivity contribution in [3.63, 3.8) is 0 Å². The fourth-order valence-corrected chi connectivity index (χ4v) is 4.96. The molecular formula is C19H25N3O2S2. The van der Waals surface area contributed by atoms with E-state index in [1.807, 2.05) is 57.3 Å². The third kappa shape index (κ3) is 3.53. The summed E-state index contributed by atoms with van der Waals surface area (Å²) in [6.07, 6.45) is 0.556. The Labute approximate surface area is 162 Å². The molecule has 0 spiro atoms. The molecule has 2 atom stereocenters. The van der Waals surface area contributed by atoms with Crippen molar-refractivity contribution in [1.82, 2.24) is 4.98 Å². The molecule has 1 aromatic heterocycles. The Morgan fingerprint density at radius 2 is 2.12 bits per heavy atom. The summed E-state index contributed by atoms with van der Waals surface area (Å²) in [6, 6.07) is 7.76. The van der Waals surface area contributed by atoms with Crippen molar-refractivity contribution in [1.29, 1.82) is 0 Å². The van der Waals surface area contributed by atoms with E-state index in [0.717, 1.165) is 20.6 Å². The van der Waals surface area contributed by atoms with Crippen LogP contribution in [0.2, 0.25) is 0 Å². The fraction of sp³-hybridized carbons (Fsp3) is 0.474. The van der Waals surface area contributed by atoms with Crippen LogP contribution in [-0.4, -0.2) is 29.1 Å². The smallest absolute Gasteiger partial charge is 0.245 e. The standard InChI is InChI=1S/C19H25N3O2S2/c1-5-24-15-10-19(20,18(15,3)4)16(23)22-13-6-8-14(9-7-13)26-17-21-12(2)11-25-17/h6-9,11,15H,5,10,20H2,1-4H3,(H,22,23). The summed E-state index contributed by atoms with van der Waals surface area (Å²) in [5, 5.41) is 4.99. The maximum Gasteiger partial charge on any atom is 0.245 e. The number of nitrogens with one attached hydrogen (secondary N) is 1. The summed E-state index contributed by atoms with van der Waals surface area (Å²) in [5.41, 5.74) is 6.88. The average molecular weight is 392 g/mol. The molecule has 1 amide bonds. The van der Waals surface area contributed by atoms with Gasteiger partial charge in [0, 0.05) is 40.1 Å². The molecule has 2 aromatic rings. The lowest BCUT2D eigenvalue weighted by Crippen LogP contribution is -2.74. The van der Waals surface area contributed by atoms with E-state index in [-0.39, 0.29) is 12.0 Å². The van der Waals surface area contributed by atoms with Crippen molar-refractivity contribution in [2.24, 2.45) is 11.1 Å². The zero-order chi connectivity index (χ0) is 18.9. The predicted octanol–water partition coefficient (Wildman–Crippen LogP) is 4.07. The van der Waals surface area contributed by atoms with Crippen LogP contribution in [0, 0.1) is 12.3 Å². The van der Waals surface area contributed by atoms with Gasteiger partial charge in [-0.05, 0) is 38.1 Å². The minimum Gasteiger partial charge on any atom is -0.378 e. The zero-order valence-corrected chi connectivity index (χ0v) is 17.2. The highest BCUT2D eigenvalue weighted by Crippen LogP contribution is 2.50. The van der Waals surface area contributed by atoms with E-state index in [0.29, 0.717) is 13.0 Å². The molecule has 0 radical (unpaired) electrons. The van der Waals surface area contributed by atoms with Gasteiger partial charge in [0.05, 0.1) is 6.10 Å². The van der Waals surface area contributed by atoms with Crippen LogP contribution in [-0.2, 0) is 9.53 Å². The fourth-order valence-electron chi connectivity index (χ4n) is 3.15. The molecule has 3 rings (SSSR count). The van der Waals surface area contributed by atoms with Gasteiger partial charge in [-0.3, -0.25) is 4.79 Å². The molecule has 3 N–H and O–H groups in total. The van der Waals surface area contributed by atoms with E-state index in [2.05, 4.69) is 10.3 Å². The lowest BCUT2D eigenvalue weighted by molar-refractivity contribution is -0.166. The molecule has 7 heteroatoms. The summed E-state index contributed by atoms with van der Waals surface area (Å²) < 4.78 is 6.71. The van der Waals surface area contributed by atoms with E-state index in [1.54, 1.807) is 23.1 Å². The van der Waals surface area contributed by atoms with Crippen molar-refractivity contribution in [3.8, 4) is 0 Å². The van der Waals surface area contributed by atoms with Crippen LogP contribution in [0.25, 0.3) is 0 Å². The van der Waals surface area contributed by atoms with Crippen molar-refractivity contribution < 1.29 is 9.53 Å². The molecule has 140 valence electrons. The summed E-state index contributed by atoms with van der Waals surface area (Å²) in [4.78, 5) is 18.3. The van der Waals surface area contributed by atoms with Crippen LogP contribution in [0.1, 0.15) is 32.9 Å². The molecule has 0 bridgehead atoms. The van der Waals surface area contributed by atoms with Gasteiger partial charge in [0.15, 0.2) is 4.34 Å². The zero-order valence-electron chi connectivity index (χ0n) is 15.5. The maximum absolute atomic E-state index is 12.8. The van der Waals surface area contributed by atoms with Gasteiger partial charge in [-0.1, -0.05) is 25.6 Å². The number of aromatic nitrogens is 1. The van der Waals surface area contributed by atoms with Crippen LogP contribution in [0.5, 0.6) is 0 Å². The van der Waals surface area contributed by atoms with Gasteiger partial charge in [0.1, 0.15) is 5.54 Å². The Balaban J connectivity index is 1.63. The molecular weight excluding hydrogens is 366 g/mol. The Morgan fingerprint density at radius 3 is 2.65 bits per heavy atom. The first kappa shape index (κ1) is 19.4. The molecule has 1 heterocycles. The molecule has 2 unspecified atom stereocenters. The first-order valence-corrected chi connectivity index (χ1v) is 10.4. The Kier molecular flexibility index (Phi) is 5.44. The number of hydrogen-bond donors (Lipinski definition) is 2. The largest absolute Gasteiger partial charge is 0.378 e. The van der Waals surface area contributed by atoms with Crippen molar-refractivity contribution in [3.05, 3.63) is 35.3 Å². The number of ether oxygens (including phenoxy) is 1. The second-order valence-electron chi connectivity index (χ2n) is 7.18. The number of nitrogens with zero attached hydrogens (tertiary/aromatic N) is 1. The van der Waals surface area contributed by atoms with Gasteiger partial charge in [-0.25, -0.2) is 4.98 Å². The van der Waals surface area contributed by atoms with E-state index in [4.69, 9.17) is 10.5 Å². The quantitative estimate of drug-likeness (QED) is 0.776. The SMILES string of the molecule is CCOC1CC(N)(C(=O)Nc2ccc(Sc3nc(C)cs3)cc2)C1(C)C. The molecule has 1 saturated carbocycles. The second-order valence-corrected chi connectivity index (χ2v) is 9.36. The van der Waals surface area contributed by atoms with E-state index in [1.165, 1.54) is 0 Å². The lowest BCUT2D eigenvalue weighted by atomic mass is 9.54. The molecule has 1 fully saturated rings. The number of carbonyl (C=O) groups excluding carboxylic acids is 1. The predicted molar refractivity (Wildman–Crippen MR) is 107 cm³/mol. The molecule has 26 heavy (non-hydrogen) atoms. The van der Waals surface area contributed by atoms with Gasteiger partial charge >= 0.3 is 0 Å². The van der Waals surface area contributed by atoms with Gasteiger partial charge in [-0.2, -0.15) is 0 Å². The minimum atomic E-state index is -0.918. The van der Waals surface area contributed by atoms with Gasteiger partial charge in [-0.15, -0.1) is 11.3 Å². The van der Waals surface area contributed by atoms with E-state index in [9.17, 15) is 4.79 Å². The van der Waals surface area contributed by atoms with E-state index >= 15 is 0 Å². The topological polar surface area (TPSA) is 77.2 Å². The maximum atomic E-state index is 12.8. The molecule has 1 aliphatic rings. The molecule has 0 saturated heterocycles. The number of anilines is 1. The second kappa shape index (κ2) is 7.31. The third-order valence-electron chi connectivity index (χ3n) is 5.15. The molecule has 1 aromatic carbocycles. The summed E-state index contributed by atoms with van der Waals surface area (Å²) in [7, 11) is 0. The third-order valence-corrected chi connectivity index (χ3v) is 7.21. The van der Waals surface area contributed by atoms with Crippen LogP contribution in [0.3, 0.4) is 0 Å². The number of amides is 1. The normalized spacial score (nSPS) is 24.1. The van der Waals surface area contributed by atoms with Crippen LogP contribution >= 0.6 is 23.1 Å². The average Bonchev–Trinajstić information content (AvgIpc) is 3.01. The van der Waals surface area contributed by atoms with Gasteiger partial charge in [0.2, 0.25) is 5.91 Å². The highest BCUT2D eigenvalue weighted by Gasteiger charge is 2.62. The summed E-state index contributed by atoms with van der Waals surface area (Å²) >= 11 is 3.25. The van der Waals surface area contributed by atoms with Crippen molar-refractivity contribution in [2.75, 3.05) is 11.9 Å².